The number of tetrazole rings is 1. The number of aromatic nitrogens is 4. The molecule has 0 amide bonds. The van der Waals surface area contributed by atoms with Gasteiger partial charge in [-0.1, -0.05) is 11.6 Å². The van der Waals surface area contributed by atoms with Crippen LogP contribution in [0, 0.1) is 6.92 Å². The SMILES string of the molecule is Cc1ccc(CNc2cc(Cl)c(S(N)(=O)=O)cc2-c2nnnn2C)s1. The number of nitrogens with zero attached hydrogens (tertiary/aromatic N) is 4. The Balaban J connectivity index is 2.06. The topological polar surface area (TPSA) is 116 Å². The molecule has 3 aromatic rings. The quantitative estimate of drug-likeness (QED) is 0.680. The van der Waals surface area contributed by atoms with Crippen molar-refractivity contribution in [2.75, 3.05) is 5.32 Å². The predicted octanol–water partition coefficient (Wildman–Crippen LogP) is 2.16. The van der Waals surface area contributed by atoms with Crippen molar-refractivity contribution in [2.24, 2.45) is 12.2 Å². The number of aryl methyl sites for hydroxylation is 2. The zero-order valence-electron chi connectivity index (χ0n) is 13.4. The molecule has 0 atom stereocenters. The van der Waals surface area contributed by atoms with Crippen LogP contribution in [0.4, 0.5) is 5.69 Å². The number of halogens is 1. The fourth-order valence-electron chi connectivity index (χ4n) is 2.32. The van der Waals surface area contributed by atoms with E-state index in [4.69, 9.17) is 16.7 Å². The summed E-state index contributed by atoms with van der Waals surface area (Å²) in [5.74, 6) is 0.395. The van der Waals surface area contributed by atoms with Crippen LogP contribution in [0.2, 0.25) is 5.02 Å². The molecule has 132 valence electrons. The Kier molecular flexibility index (Phi) is 4.78. The normalized spacial score (nSPS) is 11.7. The van der Waals surface area contributed by atoms with Gasteiger partial charge in [-0.05, 0) is 41.6 Å². The summed E-state index contributed by atoms with van der Waals surface area (Å²) in [5.41, 5.74) is 1.11. The summed E-state index contributed by atoms with van der Waals surface area (Å²) in [6.45, 7) is 2.59. The lowest BCUT2D eigenvalue weighted by atomic mass is 10.1. The van der Waals surface area contributed by atoms with Gasteiger partial charge in [0.15, 0.2) is 5.82 Å². The molecule has 3 N–H and O–H groups in total. The third-order valence-electron chi connectivity index (χ3n) is 3.49. The van der Waals surface area contributed by atoms with E-state index >= 15 is 0 Å². The summed E-state index contributed by atoms with van der Waals surface area (Å²) < 4.78 is 25.0. The Hall–Kier alpha value is -2.01. The molecule has 0 saturated heterocycles. The molecule has 8 nitrogen and oxygen atoms in total. The average Bonchev–Trinajstić information content (AvgIpc) is 3.12. The van der Waals surface area contributed by atoms with E-state index in [1.807, 2.05) is 19.1 Å². The molecule has 25 heavy (non-hydrogen) atoms. The lowest BCUT2D eigenvalue weighted by Gasteiger charge is -2.13. The summed E-state index contributed by atoms with van der Waals surface area (Å²) in [6, 6.07) is 6.96. The van der Waals surface area contributed by atoms with Gasteiger partial charge in [0.25, 0.3) is 0 Å². The summed E-state index contributed by atoms with van der Waals surface area (Å²) in [5, 5.41) is 19.9. The summed E-state index contributed by atoms with van der Waals surface area (Å²) >= 11 is 7.79. The Morgan fingerprint density at radius 3 is 2.68 bits per heavy atom. The Bertz CT molecular complexity index is 1030. The van der Waals surface area contributed by atoms with Gasteiger partial charge >= 0.3 is 0 Å². The zero-order valence-corrected chi connectivity index (χ0v) is 15.8. The first-order valence-corrected chi connectivity index (χ1v) is 9.88. The van der Waals surface area contributed by atoms with Crippen LogP contribution in [-0.4, -0.2) is 28.6 Å². The van der Waals surface area contributed by atoms with E-state index in [1.54, 1.807) is 18.4 Å². The molecule has 0 aliphatic rings. The van der Waals surface area contributed by atoms with Crippen molar-refractivity contribution in [1.29, 1.82) is 0 Å². The smallest absolute Gasteiger partial charge is 0.239 e. The maximum Gasteiger partial charge on any atom is 0.239 e. The van der Waals surface area contributed by atoms with Gasteiger partial charge in [0.1, 0.15) is 4.90 Å². The minimum Gasteiger partial charge on any atom is -0.380 e. The van der Waals surface area contributed by atoms with E-state index in [0.717, 1.165) is 4.88 Å². The van der Waals surface area contributed by atoms with Crippen molar-refractivity contribution in [3.05, 3.63) is 39.0 Å². The van der Waals surface area contributed by atoms with Gasteiger partial charge in [-0.2, -0.15) is 0 Å². The number of anilines is 1. The second kappa shape index (κ2) is 6.71. The van der Waals surface area contributed by atoms with Gasteiger partial charge in [-0.3, -0.25) is 0 Å². The van der Waals surface area contributed by atoms with Gasteiger partial charge in [0.05, 0.1) is 5.02 Å². The van der Waals surface area contributed by atoms with Gasteiger partial charge < -0.3 is 5.32 Å². The highest BCUT2D eigenvalue weighted by Crippen LogP contribution is 2.34. The number of rotatable bonds is 5. The molecule has 3 rings (SSSR count). The van der Waals surface area contributed by atoms with Crippen molar-refractivity contribution in [2.45, 2.75) is 18.4 Å². The van der Waals surface area contributed by atoms with Crippen molar-refractivity contribution < 1.29 is 8.42 Å². The molecule has 0 aliphatic heterocycles. The Morgan fingerprint density at radius 1 is 1.36 bits per heavy atom. The van der Waals surface area contributed by atoms with Crippen LogP contribution in [-0.2, 0) is 23.6 Å². The van der Waals surface area contributed by atoms with Crippen LogP contribution in [0.3, 0.4) is 0 Å². The predicted molar refractivity (Wildman–Crippen MR) is 97.0 cm³/mol. The fourth-order valence-corrected chi connectivity index (χ4v) is 4.25. The first-order chi connectivity index (χ1) is 11.8. The molecule has 0 bridgehead atoms. The van der Waals surface area contributed by atoms with E-state index in [2.05, 4.69) is 20.8 Å². The van der Waals surface area contributed by atoms with E-state index in [-0.39, 0.29) is 9.92 Å². The highest BCUT2D eigenvalue weighted by Gasteiger charge is 2.20. The van der Waals surface area contributed by atoms with Crippen molar-refractivity contribution in [3.8, 4) is 11.4 Å². The molecule has 11 heteroatoms. The molecule has 1 aromatic carbocycles. The number of benzene rings is 1. The standard InChI is InChI=1S/C14H15ClN6O2S2/c1-8-3-4-9(24-8)7-17-12-6-11(15)13(25(16,22)23)5-10(12)14-18-19-20-21(14)2/h3-6,17H,7H2,1-2H3,(H2,16,22,23). The molecular weight excluding hydrogens is 384 g/mol. The number of sulfonamides is 1. The van der Waals surface area contributed by atoms with Crippen LogP contribution in [0.15, 0.2) is 29.2 Å². The number of thiophene rings is 1. The van der Waals surface area contributed by atoms with Crippen molar-refractivity contribution >= 4 is 38.6 Å². The summed E-state index contributed by atoms with van der Waals surface area (Å²) in [7, 11) is -2.32. The number of primary sulfonamides is 1. The third-order valence-corrected chi connectivity index (χ3v) is 5.86. The second-order valence-electron chi connectivity index (χ2n) is 5.37. The number of nitrogens with one attached hydrogen (secondary N) is 1. The minimum absolute atomic E-state index is 0.0336. The van der Waals surface area contributed by atoms with Gasteiger partial charge in [0, 0.05) is 34.6 Å². The van der Waals surface area contributed by atoms with Gasteiger partial charge in [-0.15, -0.1) is 16.4 Å². The minimum atomic E-state index is -3.98. The third kappa shape index (κ3) is 3.82. The van der Waals surface area contributed by atoms with E-state index in [0.29, 0.717) is 23.6 Å². The molecule has 0 fully saturated rings. The number of hydrogen-bond acceptors (Lipinski definition) is 7. The molecule has 2 aromatic heterocycles. The number of hydrogen-bond donors (Lipinski definition) is 2. The van der Waals surface area contributed by atoms with Crippen LogP contribution in [0.5, 0.6) is 0 Å². The first-order valence-electron chi connectivity index (χ1n) is 7.14. The summed E-state index contributed by atoms with van der Waals surface area (Å²) in [6.07, 6.45) is 0. The van der Waals surface area contributed by atoms with E-state index in [1.165, 1.54) is 21.7 Å². The summed E-state index contributed by atoms with van der Waals surface area (Å²) in [4.78, 5) is 2.16. The van der Waals surface area contributed by atoms with Crippen LogP contribution in [0.25, 0.3) is 11.4 Å². The molecule has 2 heterocycles. The maximum atomic E-state index is 11.8. The molecule has 0 radical (unpaired) electrons. The highest BCUT2D eigenvalue weighted by molar-refractivity contribution is 7.89. The Labute approximate surface area is 153 Å². The van der Waals surface area contributed by atoms with Crippen LogP contribution >= 0.6 is 22.9 Å². The second-order valence-corrected chi connectivity index (χ2v) is 8.67. The van der Waals surface area contributed by atoms with Gasteiger partial charge in [-0.25, -0.2) is 18.2 Å². The molecule has 0 spiro atoms. The average molecular weight is 399 g/mol. The Morgan fingerprint density at radius 2 is 2.12 bits per heavy atom. The van der Waals surface area contributed by atoms with Crippen molar-refractivity contribution in [3.63, 3.8) is 0 Å². The highest BCUT2D eigenvalue weighted by atomic mass is 35.5. The van der Waals surface area contributed by atoms with Crippen molar-refractivity contribution in [1.82, 2.24) is 20.2 Å². The lowest BCUT2D eigenvalue weighted by molar-refractivity contribution is 0.598. The molecular formula is C14H15ClN6O2S2. The molecule has 0 saturated carbocycles. The number of nitrogens with two attached hydrogens (primary N) is 1. The van der Waals surface area contributed by atoms with Gasteiger partial charge in [0.2, 0.25) is 10.0 Å². The zero-order chi connectivity index (χ0) is 18.2. The lowest BCUT2D eigenvalue weighted by Crippen LogP contribution is -2.14. The largest absolute Gasteiger partial charge is 0.380 e. The monoisotopic (exact) mass is 398 g/mol. The fraction of sp³-hybridized carbons (Fsp3) is 0.214. The maximum absolute atomic E-state index is 11.8. The molecule has 0 aliphatic carbocycles. The van der Waals surface area contributed by atoms with E-state index < -0.39 is 10.0 Å². The van der Waals surface area contributed by atoms with Crippen LogP contribution in [0.1, 0.15) is 9.75 Å². The van der Waals surface area contributed by atoms with Crippen LogP contribution < -0.4 is 10.5 Å². The first kappa shape index (κ1) is 17.8. The van der Waals surface area contributed by atoms with E-state index in [9.17, 15) is 8.42 Å². The molecule has 0 unspecified atom stereocenters.